The van der Waals surface area contributed by atoms with E-state index < -0.39 is 73.1 Å². The van der Waals surface area contributed by atoms with Gasteiger partial charge in [-0.05, 0) is 6.92 Å². The monoisotopic (exact) mass is 572 g/mol. The number of carbonyl (C=O) groups is 6. The second kappa shape index (κ2) is 15.5. The molecule has 17 nitrogen and oxygen atoms in total. The minimum absolute atomic E-state index is 0.181. The summed E-state index contributed by atoms with van der Waals surface area (Å²) in [5, 5.41) is 10.1. The lowest BCUT2D eigenvalue weighted by atomic mass is 9.98. The lowest BCUT2D eigenvalue weighted by Gasteiger charge is -2.43. The summed E-state index contributed by atoms with van der Waals surface area (Å²) in [5.74, 6) is -4.09. The van der Waals surface area contributed by atoms with E-state index in [2.05, 4.69) is 15.6 Å². The number of nitrogens with one attached hydrogen (secondary N) is 1. The fourth-order valence-electron chi connectivity index (χ4n) is 3.56. The van der Waals surface area contributed by atoms with Crippen LogP contribution in [-0.2, 0) is 75.1 Å². The van der Waals surface area contributed by atoms with Gasteiger partial charge in [-0.15, -0.1) is 5.10 Å². The molecule has 1 aliphatic rings. The lowest BCUT2D eigenvalue weighted by molar-refractivity contribution is -0.310. The quantitative estimate of drug-likeness (QED) is 0.212. The number of amides is 1. The smallest absolute Gasteiger partial charge is 0.325 e. The Morgan fingerprint density at radius 3 is 2.12 bits per heavy atom. The van der Waals surface area contributed by atoms with E-state index in [9.17, 15) is 28.8 Å². The molecular formula is C23H32N4O13. The third-order valence-electron chi connectivity index (χ3n) is 4.97. The molecule has 1 amide bonds. The number of nitrogens with zero attached hydrogens (tertiary/aromatic N) is 3. The standard InChI is InChI=1S/C23H32N4O13/c1-6-34-19(33)7-24-18(32)9-27-8-16(25-26-27)10-36-23-22(39-15(5)31)21(38-14(4)30)20(37-13(3)29)17(40-23)11-35-12(2)28/h8,17,20-23H,6-7,9-11H2,1-5H3,(H,24,32)/t17-,20+,21+,22-,23-/m1/s1. The Bertz CT molecular complexity index is 1070. The largest absolute Gasteiger partial charge is 0.465 e. The molecule has 17 heteroatoms. The van der Waals surface area contributed by atoms with E-state index in [-0.39, 0.29) is 32.0 Å². The molecule has 0 aromatic carbocycles. The van der Waals surface area contributed by atoms with Crippen molar-refractivity contribution in [3.05, 3.63) is 11.9 Å². The van der Waals surface area contributed by atoms with Crippen LogP contribution in [0, 0.1) is 0 Å². The highest BCUT2D eigenvalue weighted by atomic mass is 16.7. The van der Waals surface area contributed by atoms with Gasteiger partial charge in [0, 0.05) is 27.7 Å². The SMILES string of the molecule is CCOC(=O)CNC(=O)Cn1cc(CO[C@@H]2O[C@H](COC(C)=O)[C@H](OC(C)=O)[C@H](OC(C)=O)[C@H]2OC(C)=O)nn1. The van der Waals surface area contributed by atoms with Crippen LogP contribution >= 0.6 is 0 Å². The van der Waals surface area contributed by atoms with Crippen LogP contribution in [0.5, 0.6) is 0 Å². The molecule has 1 aliphatic heterocycles. The van der Waals surface area contributed by atoms with Crippen LogP contribution in [0.2, 0.25) is 0 Å². The highest BCUT2D eigenvalue weighted by Gasteiger charge is 2.52. The van der Waals surface area contributed by atoms with Crippen molar-refractivity contribution < 1.29 is 61.9 Å². The minimum Gasteiger partial charge on any atom is -0.465 e. The Hall–Kier alpha value is -4.12. The van der Waals surface area contributed by atoms with Gasteiger partial charge in [0.15, 0.2) is 24.6 Å². The third kappa shape index (κ3) is 10.6. The molecule has 222 valence electrons. The maximum atomic E-state index is 12.0. The average molecular weight is 573 g/mol. The summed E-state index contributed by atoms with van der Waals surface area (Å²) in [6.07, 6.45) is -5.30. The van der Waals surface area contributed by atoms with Crippen molar-refractivity contribution in [3.63, 3.8) is 0 Å². The Morgan fingerprint density at radius 2 is 1.52 bits per heavy atom. The molecule has 0 radical (unpaired) electrons. The van der Waals surface area contributed by atoms with Crippen molar-refractivity contribution >= 4 is 35.8 Å². The van der Waals surface area contributed by atoms with Crippen molar-refractivity contribution in [2.24, 2.45) is 0 Å². The van der Waals surface area contributed by atoms with E-state index in [1.165, 1.54) is 10.9 Å². The maximum absolute atomic E-state index is 12.0. The molecule has 1 saturated heterocycles. The van der Waals surface area contributed by atoms with Gasteiger partial charge in [0.1, 0.15) is 31.5 Å². The summed E-state index contributed by atoms with van der Waals surface area (Å²) < 4.78 is 38.5. The summed E-state index contributed by atoms with van der Waals surface area (Å²) >= 11 is 0. The molecule has 1 N–H and O–H groups in total. The van der Waals surface area contributed by atoms with Gasteiger partial charge in [-0.25, -0.2) is 4.68 Å². The zero-order chi connectivity index (χ0) is 29.8. The van der Waals surface area contributed by atoms with E-state index in [4.69, 9.17) is 33.2 Å². The number of esters is 5. The zero-order valence-electron chi connectivity index (χ0n) is 22.6. The van der Waals surface area contributed by atoms with E-state index in [0.29, 0.717) is 0 Å². The van der Waals surface area contributed by atoms with Crippen molar-refractivity contribution in [1.82, 2.24) is 20.3 Å². The van der Waals surface area contributed by atoms with Crippen LogP contribution in [-0.4, -0.2) is 101 Å². The second-order valence-electron chi connectivity index (χ2n) is 8.37. The average Bonchev–Trinajstić information content (AvgIpc) is 3.29. The predicted molar refractivity (Wildman–Crippen MR) is 126 cm³/mol. The molecular weight excluding hydrogens is 540 g/mol. The number of ether oxygens (including phenoxy) is 7. The molecule has 0 spiro atoms. The van der Waals surface area contributed by atoms with Crippen molar-refractivity contribution in [2.45, 2.75) is 78.5 Å². The van der Waals surface area contributed by atoms with Crippen molar-refractivity contribution in [3.8, 4) is 0 Å². The molecule has 1 aromatic heterocycles. The van der Waals surface area contributed by atoms with Gasteiger partial charge < -0.3 is 38.5 Å². The van der Waals surface area contributed by atoms with E-state index in [0.717, 1.165) is 27.7 Å². The fourth-order valence-corrected chi connectivity index (χ4v) is 3.56. The molecule has 40 heavy (non-hydrogen) atoms. The van der Waals surface area contributed by atoms with E-state index >= 15 is 0 Å². The molecule has 5 atom stereocenters. The number of aromatic nitrogens is 3. The van der Waals surface area contributed by atoms with Gasteiger partial charge >= 0.3 is 29.8 Å². The molecule has 1 fully saturated rings. The Kier molecular flexibility index (Phi) is 12.4. The summed E-state index contributed by atoms with van der Waals surface area (Å²) in [4.78, 5) is 70.4. The van der Waals surface area contributed by atoms with Gasteiger partial charge in [-0.1, -0.05) is 5.21 Å². The van der Waals surface area contributed by atoms with Gasteiger partial charge in [0.2, 0.25) is 5.91 Å². The molecule has 1 aromatic rings. The number of rotatable bonds is 13. The van der Waals surface area contributed by atoms with E-state index in [1.807, 2.05) is 0 Å². The first-order chi connectivity index (χ1) is 18.9. The normalized spacial score (nSPS) is 22.0. The number of carbonyl (C=O) groups excluding carboxylic acids is 6. The van der Waals surface area contributed by atoms with Crippen LogP contribution in [0.15, 0.2) is 6.20 Å². The molecule has 0 unspecified atom stereocenters. The van der Waals surface area contributed by atoms with Crippen molar-refractivity contribution in [2.75, 3.05) is 19.8 Å². The molecule has 0 bridgehead atoms. The Morgan fingerprint density at radius 1 is 0.900 bits per heavy atom. The predicted octanol–water partition coefficient (Wildman–Crippen LogP) is -1.44. The fraction of sp³-hybridized carbons (Fsp3) is 0.652. The molecule has 2 heterocycles. The third-order valence-corrected chi connectivity index (χ3v) is 4.97. The summed E-state index contributed by atoms with van der Waals surface area (Å²) in [5.41, 5.74) is 0.228. The van der Waals surface area contributed by atoms with Gasteiger partial charge in [0.25, 0.3) is 0 Å². The Balaban J connectivity index is 2.18. The highest BCUT2D eigenvalue weighted by Crippen LogP contribution is 2.30. The first kappa shape index (κ1) is 32.1. The van der Waals surface area contributed by atoms with Crippen LogP contribution in [0.4, 0.5) is 0 Å². The Labute approximate surface area is 228 Å². The molecule has 0 saturated carbocycles. The van der Waals surface area contributed by atoms with Crippen LogP contribution < -0.4 is 5.32 Å². The first-order valence-electron chi connectivity index (χ1n) is 12.1. The second-order valence-corrected chi connectivity index (χ2v) is 8.37. The van der Waals surface area contributed by atoms with Gasteiger partial charge in [-0.2, -0.15) is 0 Å². The summed E-state index contributed by atoms with van der Waals surface area (Å²) in [7, 11) is 0. The molecule has 2 rings (SSSR count). The van der Waals surface area contributed by atoms with Crippen molar-refractivity contribution in [1.29, 1.82) is 0 Å². The van der Waals surface area contributed by atoms with Crippen LogP contribution in [0.1, 0.15) is 40.3 Å². The summed E-state index contributed by atoms with van der Waals surface area (Å²) in [6.45, 7) is 5.04. The van der Waals surface area contributed by atoms with Gasteiger partial charge in [0.05, 0.1) is 19.4 Å². The number of hydrogen-bond acceptors (Lipinski definition) is 15. The first-order valence-corrected chi connectivity index (χ1v) is 12.1. The van der Waals surface area contributed by atoms with Crippen LogP contribution in [0.3, 0.4) is 0 Å². The maximum Gasteiger partial charge on any atom is 0.325 e. The topological polar surface area (TPSA) is 210 Å². The van der Waals surface area contributed by atoms with Crippen LogP contribution in [0.25, 0.3) is 0 Å². The highest BCUT2D eigenvalue weighted by molar-refractivity contribution is 5.81. The lowest BCUT2D eigenvalue weighted by Crippen LogP contribution is -2.62. The zero-order valence-corrected chi connectivity index (χ0v) is 22.6. The summed E-state index contributed by atoms with van der Waals surface area (Å²) in [6, 6.07) is 0. The molecule has 0 aliphatic carbocycles. The van der Waals surface area contributed by atoms with Gasteiger partial charge in [-0.3, -0.25) is 28.8 Å². The number of hydrogen-bond donors (Lipinski definition) is 1. The van der Waals surface area contributed by atoms with E-state index in [1.54, 1.807) is 6.92 Å². The minimum atomic E-state index is -1.40.